The molecular weight excluding hydrogens is 386 g/mol. The van der Waals surface area contributed by atoms with Crippen molar-refractivity contribution in [3.05, 3.63) is 72.2 Å². The van der Waals surface area contributed by atoms with Crippen LogP contribution in [0.3, 0.4) is 0 Å². The van der Waals surface area contributed by atoms with E-state index in [0.29, 0.717) is 17.9 Å². The highest BCUT2D eigenvalue weighted by Crippen LogP contribution is 2.44. The molecule has 4 unspecified atom stereocenters. The number of fused-ring (bicyclic) bond motifs is 2. The van der Waals surface area contributed by atoms with Crippen molar-refractivity contribution in [2.75, 3.05) is 0 Å². The van der Waals surface area contributed by atoms with Crippen LogP contribution in [-0.4, -0.2) is 31.0 Å². The number of aromatic nitrogens is 5. The van der Waals surface area contributed by atoms with Gasteiger partial charge in [0, 0.05) is 42.6 Å². The molecule has 0 spiro atoms. The first kappa shape index (κ1) is 18.6. The summed E-state index contributed by atoms with van der Waals surface area (Å²) >= 11 is 0. The lowest BCUT2D eigenvalue weighted by molar-refractivity contribution is 0.274. The van der Waals surface area contributed by atoms with Crippen LogP contribution in [0.1, 0.15) is 48.2 Å². The molecule has 5 heterocycles. The second-order valence-electron chi connectivity index (χ2n) is 8.69. The van der Waals surface area contributed by atoms with E-state index in [9.17, 15) is 0 Å². The van der Waals surface area contributed by atoms with Crippen molar-refractivity contribution in [3.63, 3.8) is 0 Å². The fourth-order valence-corrected chi connectivity index (χ4v) is 5.36. The Balaban J connectivity index is 1.34. The van der Waals surface area contributed by atoms with Crippen molar-refractivity contribution in [2.45, 2.75) is 44.2 Å². The van der Waals surface area contributed by atoms with Crippen LogP contribution in [0.25, 0.3) is 22.3 Å². The number of aromatic amines is 1. The van der Waals surface area contributed by atoms with Gasteiger partial charge in [0.15, 0.2) is 5.65 Å². The summed E-state index contributed by atoms with van der Waals surface area (Å²) in [4.78, 5) is 21.5. The predicted molar refractivity (Wildman–Crippen MR) is 119 cm³/mol. The zero-order valence-electron chi connectivity index (χ0n) is 17.4. The Morgan fingerprint density at radius 2 is 1.81 bits per heavy atom. The van der Waals surface area contributed by atoms with Gasteiger partial charge in [0.1, 0.15) is 5.82 Å². The molecule has 4 aromatic heterocycles. The maximum Gasteiger partial charge on any atom is 0.178 e. The van der Waals surface area contributed by atoms with E-state index in [1.165, 1.54) is 17.5 Å². The highest BCUT2D eigenvalue weighted by Gasteiger charge is 2.43. The molecular formula is C24H25N7. The minimum Gasteiger partial charge on any atom is -0.339 e. The van der Waals surface area contributed by atoms with E-state index in [4.69, 9.17) is 4.98 Å². The van der Waals surface area contributed by atoms with Gasteiger partial charge in [-0.25, -0.2) is 15.4 Å². The molecule has 1 saturated carbocycles. The normalized spacial score (nSPS) is 25.6. The Morgan fingerprint density at radius 1 is 0.935 bits per heavy atom. The molecule has 0 amide bonds. The molecule has 1 aliphatic heterocycles. The van der Waals surface area contributed by atoms with Crippen molar-refractivity contribution in [1.29, 1.82) is 0 Å². The molecule has 1 saturated heterocycles. The van der Waals surface area contributed by atoms with Crippen LogP contribution in [0, 0.1) is 12.8 Å². The van der Waals surface area contributed by atoms with Crippen molar-refractivity contribution >= 4 is 11.2 Å². The number of aryl methyl sites for hydroxylation is 1. The maximum atomic E-state index is 4.89. The Morgan fingerprint density at radius 3 is 2.68 bits per heavy atom. The summed E-state index contributed by atoms with van der Waals surface area (Å²) in [6, 6.07) is 8.77. The molecule has 1 aliphatic carbocycles. The molecule has 2 fully saturated rings. The lowest BCUT2D eigenvalue weighted by atomic mass is 9.73. The van der Waals surface area contributed by atoms with Gasteiger partial charge in [0.25, 0.3) is 0 Å². The summed E-state index contributed by atoms with van der Waals surface area (Å²) in [6.07, 6.45) is 12.8. The highest BCUT2D eigenvalue weighted by atomic mass is 15.4. The van der Waals surface area contributed by atoms with E-state index < -0.39 is 0 Å². The largest absolute Gasteiger partial charge is 0.339 e. The van der Waals surface area contributed by atoms with Gasteiger partial charge in [-0.1, -0.05) is 0 Å². The molecule has 6 rings (SSSR count). The van der Waals surface area contributed by atoms with Gasteiger partial charge < -0.3 is 4.98 Å². The Hall–Kier alpha value is -3.16. The number of pyridine rings is 3. The number of nitrogens with one attached hydrogen (secondary N) is 3. The summed E-state index contributed by atoms with van der Waals surface area (Å²) < 4.78 is 0. The lowest BCUT2D eigenvalue weighted by Gasteiger charge is -2.33. The summed E-state index contributed by atoms with van der Waals surface area (Å²) in [6.45, 7) is 2.19. The first-order chi connectivity index (χ1) is 15.3. The van der Waals surface area contributed by atoms with Crippen LogP contribution in [0.2, 0.25) is 0 Å². The molecule has 4 aromatic rings. The van der Waals surface area contributed by atoms with Gasteiger partial charge in [0.2, 0.25) is 0 Å². The highest BCUT2D eigenvalue weighted by molar-refractivity contribution is 5.89. The zero-order valence-corrected chi connectivity index (χ0v) is 17.4. The summed E-state index contributed by atoms with van der Waals surface area (Å²) in [5, 5.41) is 0. The third-order valence-electron chi connectivity index (χ3n) is 6.97. The van der Waals surface area contributed by atoms with Crippen LogP contribution in [0.15, 0.2) is 55.2 Å². The van der Waals surface area contributed by atoms with Crippen LogP contribution >= 0.6 is 0 Å². The van der Waals surface area contributed by atoms with E-state index in [1.54, 1.807) is 0 Å². The Labute approximate surface area is 180 Å². The molecule has 31 heavy (non-hydrogen) atoms. The molecule has 7 nitrogen and oxygen atoms in total. The topological polar surface area (TPSA) is 91.4 Å². The first-order valence-corrected chi connectivity index (χ1v) is 10.9. The number of imidazole rings is 1. The number of hydrogen-bond donors (Lipinski definition) is 3. The van der Waals surface area contributed by atoms with Gasteiger partial charge >= 0.3 is 0 Å². The van der Waals surface area contributed by atoms with Crippen LogP contribution < -0.4 is 10.9 Å². The fourth-order valence-electron chi connectivity index (χ4n) is 5.36. The molecule has 0 aromatic carbocycles. The second-order valence-corrected chi connectivity index (χ2v) is 8.69. The van der Waals surface area contributed by atoms with Crippen molar-refractivity contribution in [2.24, 2.45) is 5.92 Å². The average Bonchev–Trinajstić information content (AvgIpc) is 3.43. The smallest absolute Gasteiger partial charge is 0.178 e. The van der Waals surface area contributed by atoms with Gasteiger partial charge in [-0.2, -0.15) is 0 Å². The summed E-state index contributed by atoms with van der Waals surface area (Å²) in [7, 11) is 0. The quantitative estimate of drug-likeness (QED) is 0.475. The van der Waals surface area contributed by atoms with Crippen LogP contribution in [0.5, 0.6) is 0 Å². The first-order valence-electron chi connectivity index (χ1n) is 10.9. The monoisotopic (exact) mass is 411 g/mol. The standard InChI is InChI=1S/C24H25N7/c1-14-4-8-26-13-19(14)16-2-3-20-18(12-16)22(31-30-20)24-28-21-17(7-11-27-23(21)29-24)15-5-9-25-10-6-15/h4-11,13,16,18,20,22,30-31H,2-3,12H2,1H3,(H,27,28,29). The van der Waals surface area contributed by atoms with E-state index in [0.717, 1.165) is 41.0 Å². The fraction of sp³-hybridized carbons (Fsp3) is 0.333. The maximum absolute atomic E-state index is 4.89. The average molecular weight is 412 g/mol. The minimum atomic E-state index is 0.129. The number of hydrazine groups is 1. The summed E-state index contributed by atoms with van der Waals surface area (Å²) in [5.41, 5.74) is 13.7. The number of rotatable bonds is 3. The van der Waals surface area contributed by atoms with Gasteiger partial charge in [-0.3, -0.25) is 15.4 Å². The number of nitrogens with zero attached hydrogens (tertiary/aromatic N) is 4. The van der Waals surface area contributed by atoms with Crippen molar-refractivity contribution < 1.29 is 0 Å². The second kappa shape index (κ2) is 7.51. The number of hydrogen-bond acceptors (Lipinski definition) is 6. The van der Waals surface area contributed by atoms with E-state index in [-0.39, 0.29) is 6.04 Å². The third kappa shape index (κ3) is 3.21. The predicted octanol–water partition coefficient (Wildman–Crippen LogP) is 3.82. The van der Waals surface area contributed by atoms with Gasteiger partial charge in [-0.05, 0) is 79.0 Å². The minimum absolute atomic E-state index is 0.129. The molecule has 7 heteroatoms. The third-order valence-corrected chi connectivity index (χ3v) is 6.97. The Bertz CT molecular complexity index is 1220. The SMILES string of the molecule is Cc1ccncc1C1CCC2NNC(c3nc4nccc(-c5ccncc5)c4[nH]3)C2C1. The van der Waals surface area contributed by atoms with Gasteiger partial charge in [0.05, 0.1) is 11.6 Å². The molecule has 2 aliphatic rings. The molecule has 0 bridgehead atoms. The van der Waals surface area contributed by atoms with Crippen LogP contribution in [0.4, 0.5) is 0 Å². The van der Waals surface area contributed by atoms with E-state index in [2.05, 4.69) is 50.0 Å². The van der Waals surface area contributed by atoms with E-state index in [1.807, 2.05) is 43.0 Å². The molecule has 156 valence electrons. The Kier molecular flexibility index (Phi) is 4.51. The van der Waals surface area contributed by atoms with Crippen LogP contribution in [-0.2, 0) is 0 Å². The summed E-state index contributed by atoms with van der Waals surface area (Å²) in [5.74, 6) is 1.95. The van der Waals surface area contributed by atoms with Crippen molar-refractivity contribution in [1.82, 2.24) is 35.8 Å². The zero-order chi connectivity index (χ0) is 20.8. The van der Waals surface area contributed by atoms with Gasteiger partial charge in [-0.15, -0.1) is 0 Å². The lowest BCUT2D eigenvalue weighted by Crippen LogP contribution is -2.34. The van der Waals surface area contributed by atoms with Crippen molar-refractivity contribution in [3.8, 4) is 11.1 Å². The number of H-pyrrole nitrogens is 1. The molecule has 3 N–H and O–H groups in total. The molecule has 0 radical (unpaired) electrons. The molecule has 4 atom stereocenters. The van der Waals surface area contributed by atoms with E-state index >= 15 is 0 Å².